The maximum atomic E-state index is 13.5. The molecule has 1 aromatic rings. The number of nitrogens with one attached hydrogen (secondary N) is 1. The van der Waals surface area contributed by atoms with Gasteiger partial charge in [-0.25, -0.2) is 4.98 Å². The molecule has 2 rings (SSSR count). The molecule has 9 heteroatoms. The summed E-state index contributed by atoms with van der Waals surface area (Å²) in [4.78, 5) is 4.53. The van der Waals surface area contributed by atoms with E-state index >= 15 is 0 Å². The summed E-state index contributed by atoms with van der Waals surface area (Å²) in [6.07, 6.45) is -3.37. The van der Waals surface area contributed by atoms with Gasteiger partial charge in [0.2, 0.25) is 5.95 Å². The minimum absolute atomic E-state index is 0. The fraction of sp³-hybridized carbons (Fsp3) is 0.545. The summed E-state index contributed by atoms with van der Waals surface area (Å²) in [7, 11) is 0. The van der Waals surface area contributed by atoms with Crippen LogP contribution in [0.5, 0.6) is 0 Å². The van der Waals surface area contributed by atoms with Crippen molar-refractivity contribution in [3.8, 4) is 0 Å². The minimum atomic E-state index is -4.51. The molecule has 0 saturated carbocycles. The lowest BCUT2D eigenvalue weighted by Gasteiger charge is -2.36. The second kappa shape index (κ2) is 7.97. The molecule has 1 aliphatic heterocycles. The van der Waals surface area contributed by atoms with Gasteiger partial charge in [-0.05, 0) is 6.07 Å². The number of aromatic nitrogens is 1. The molecule has 1 atom stereocenters. The summed E-state index contributed by atoms with van der Waals surface area (Å²) in [6, 6.07) is 0.537. The Morgan fingerprint density at radius 1 is 1.20 bits per heavy atom. The Kier molecular flexibility index (Phi) is 7.72. The van der Waals surface area contributed by atoms with Gasteiger partial charge in [-0.15, -0.1) is 24.8 Å². The number of piperazine rings is 1. The van der Waals surface area contributed by atoms with Crippen LogP contribution >= 0.6 is 24.8 Å². The average molecular weight is 336 g/mol. The summed E-state index contributed by atoms with van der Waals surface area (Å²) < 4.78 is 52.8. The molecule has 0 aromatic carbocycles. The van der Waals surface area contributed by atoms with E-state index in [0.29, 0.717) is 13.1 Å². The number of halogens is 6. The summed E-state index contributed by atoms with van der Waals surface area (Å²) in [5, 5.41) is 2.97. The monoisotopic (exact) mass is 335 g/mol. The van der Waals surface area contributed by atoms with Crippen molar-refractivity contribution in [2.45, 2.75) is 12.2 Å². The molecule has 0 radical (unpaired) electrons. The van der Waals surface area contributed by atoms with Crippen molar-refractivity contribution in [2.24, 2.45) is 0 Å². The lowest BCUT2D eigenvalue weighted by atomic mass is 10.1. The molecule has 1 N–H and O–H groups in total. The quantitative estimate of drug-likeness (QED) is 0.665. The fourth-order valence-corrected chi connectivity index (χ4v) is 2.12. The first-order valence-corrected chi connectivity index (χ1v) is 5.62. The molecule has 116 valence electrons. The molecule has 2 heterocycles. The second-order valence-corrected chi connectivity index (χ2v) is 4.11. The molecule has 1 fully saturated rings. The van der Waals surface area contributed by atoms with Crippen molar-refractivity contribution in [3.05, 3.63) is 29.8 Å². The van der Waals surface area contributed by atoms with Gasteiger partial charge >= 0.3 is 6.18 Å². The smallest absolute Gasteiger partial charge is 0.314 e. The molecule has 1 aromatic heterocycles. The summed E-state index contributed by atoms with van der Waals surface area (Å²) in [5.74, 6) is -1.06. The minimum Gasteiger partial charge on any atom is -0.314 e. The Labute approximate surface area is 126 Å². The number of nitrogens with zero attached hydrogens (tertiary/aromatic N) is 2. The third-order valence-corrected chi connectivity index (χ3v) is 2.91. The van der Waals surface area contributed by atoms with Crippen molar-refractivity contribution < 1.29 is 17.6 Å². The zero-order valence-corrected chi connectivity index (χ0v) is 12.0. The SMILES string of the molecule is Cl.Cl.Fc1ncccc1[C@H](N1CCNCC1)C(F)(F)F. The summed E-state index contributed by atoms with van der Waals surface area (Å²) >= 11 is 0. The highest BCUT2D eigenvalue weighted by Crippen LogP contribution is 2.38. The van der Waals surface area contributed by atoms with Crippen LogP contribution in [0.2, 0.25) is 0 Å². The molecule has 3 nitrogen and oxygen atoms in total. The molecule has 0 unspecified atom stereocenters. The third-order valence-electron chi connectivity index (χ3n) is 2.91. The van der Waals surface area contributed by atoms with E-state index in [4.69, 9.17) is 0 Å². The Morgan fingerprint density at radius 2 is 1.80 bits per heavy atom. The first kappa shape index (κ1) is 19.4. The standard InChI is InChI=1S/C11H13F4N3.2ClH/c12-10-8(2-1-3-17-10)9(11(13,14)15)18-6-4-16-5-7-18;;/h1-3,9,16H,4-7H2;2*1H/t9-;;/m0../s1. The molecule has 1 aliphatic rings. The second-order valence-electron chi connectivity index (χ2n) is 4.11. The highest BCUT2D eigenvalue weighted by Gasteiger charge is 2.46. The van der Waals surface area contributed by atoms with Crippen molar-refractivity contribution in [1.82, 2.24) is 15.2 Å². The van der Waals surface area contributed by atoms with Gasteiger partial charge in [-0.2, -0.15) is 17.6 Å². The highest BCUT2D eigenvalue weighted by atomic mass is 35.5. The number of rotatable bonds is 2. The molecule has 0 amide bonds. The van der Waals surface area contributed by atoms with Crippen LogP contribution in [0.3, 0.4) is 0 Å². The molecule has 20 heavy (non-hydrogen) atoms. The Hall–Kier alpha value is -0.630. The van der Waals surface area contributed by atoms with Gasteiger partial charge in [0.1, 0.15) is 6.04 Å². The van der Waals surface area contributed by atoms with Crippen molar-refractivity contribution >= 4 is 24.8 Å². The van der Waals surface area contributed by atoms with Gasteiger partial charge < -0.3 is 5.32 Å². The predicted molar refractivity (Wildman–Crippen MR) is 71.9 cm³/mol. The largest absolute Gasteiger partial charge is 0.408 e. The summed E-state index contributed by atoms with van der Waals surface area (Å²) in [5.41, 5.74) is -0.410. The number of hydrogen-bond donors (Lipinski definition) is 1. The van der Waals surface area contributed by atoms with Gasteiger partial charge in [0.15, 0.2) is 0 Å². The normalized spacial score (nSPS) is 17.8. The van der Waals surface area contributed by atoms with Crippen LogP contribution in [0, 0.1) is 5.95 Å². The Balaban J connectivity index is 0.00000180. The van der Waals surface area contributed by atoms with E-state index in [-0.39, 0.29) is 37.9 Å². The van der Waals surface area contributed by atoms with Gasteiger partial charge in [0.25, 0.3) is 0 Å². The number of hydrogen-bond acceptors (Lipinski definition) is 3. The number of alkyl halides is 3. The van der Waals surface area contributed by atoms with Gasteiger partial charge in [-0.3, -0.25) is 4.90 Å². The number of pyridine rings is 1. The van der Waals surface area contributed by atoms with E-state index in [1.54, 1.807) is 0 Å². The molecule has 0 spiro atoms. The van der Waals surface area contributed by atoms with Crippen LogP contribution in [-0.2, 0) is 0 Å². The van der Waals surface area contributed by atoms with Crippen LogP contribution < -0.4 is 5.32 Å². The van der Waals surface area contributed by atoms with E-state index < -0.39 is 23.7 Å². The molecular weight excluding hydrogens is 321 g/mol. The predicted octanol–water partition coefficient (Wildman–Crippen LogP) is 2.57. The van der Waals surface area contributed by atoms with Crippen LogP contribution in [-0.4, -0.2) is 42.2 Å². The maximum absolute atomic E-state index is 13.5. The highest BCUT2D eigenvalue weighted by molar-refractivity contribution is 5.85. The van der Waals surface area contributed by atoms with Crippen LogP contribution in [0.15, 0.2) is 18.3 Å². The molecule has 0 bridgehead atoms. The zero-order chi connectivity index (χ0) is 13.2. The van der Waals surface area contributed by atoms with Crippen molar-refractivity contribution in [2.75, 3.05) is 26.2 Å². The van der Waals surface area contributed by atoms with Gasteiger partial charge in [0, 0.05) is 37.9 Å². The van der Waals surface area contributed by atoms with Crippen molar-refractivity contribution in [1.29, 1.82) is 0 Å². The van der Waals surface area contributed by atoms with Gasteiger partial charge in [-0.1, -0.05) is 6.07 Å². The topological polar surface area (TPSA) is 28.2 Å². The van der Waals surface area contributed by atoms with Crippen LogP contribution in [0.1, 0.15) is 11.6 Å². The average Bonchev–Trinajstić information content (AvgIpc) is 2.32. The Morgan fingerprint density at radius 3 is 2.30 bits per heavy atom. The molecular formula is C11H15Cl2F4N3. The Bertz CT molecular complexity index is 411. The summed E-state index contributed by atoms with van der Waals surface area (Å²) in [6.45, 7) is 1.40. The lowest BCUT2D eigenvalue weighted by molar-refractivity contribution is -0.188. The van der Waals surface area contributed by atoms with E-state index in [9.17, 15) is 17.6 Å². The molecule has 1 saturated heterocycles. The van der Waals surface area contributed by atoms with E-state index in [1.165, 1.54) is 11.0 Å². The lowest BCUT2D eigenvalue weighted by Crippen LogP contribution is -2.49. The van der Waals surface area contributed by atoms with E-state index in [2.05, 4.69) is 10.3 Å². The van der Waals surface area contributed by atoms with E-state index in [1.807, 2.05) is 0 Å². The first-order valence-electron chi connectivity index (χ1n) is 5.62. The third kappa shape index (κ3) is 4.44. The first-order chi connectivity index (χ1) is 8.50. The zero-order valence-electron chi connectivity index (χ0n) is 10.4. The molecule has 0 aliphatic carbocycles. The van der Waals surface area contributed by atoms with Crippen LogP contribution in [0.4, 0.5) is 17.6 Å². The van der Waals surface area contributed by atoms with Crippen LogP contribution in [0.25, 0.3) is 0 Å². The van der Waals surface area contributed by atoms with Crippen molar-refractivity contribution in [3.63, 3.8) is 0 Å². The maximum Gasteiger partial charge on any atom is 0.408 e. The fourth-order valence-electron chi connectivity index (χ4n) is 2.12. The van der Waals surface area contributed by atoms with Gasteiger partial charge in [0.05, 0.1) is 0 Å². The van der Waals surface area contributed by atoms with E-state index in [0.717, 1.165) is 12.3 Å².